The summed E-state index contributed by atoms with van der Waals surface area (Å²) in [5.41, 5.74) is 6.00. The molecule has 0 aromatic rings. The first kappa shape index (κ1) is 12.0. The van der Waals surface area contributed by atoms with Crippen molar-refractivity contribution < 1.29 is 0 Å². The Labute approximate surface area is 88.8 Å². The second-order valence-electron chi connectivity index (χ2n) is 4.60. The number of unbranched alkanes of at least 4 members (excludes halogenated alkanes) is 1. The summed E-state index contributed by atoms with van der Waals surface area (Å²) in [5, 5.41) is 0. The van der Waals surface area contributed by atoms with Gasteiger partial charge in [-0.15, -0.1) is 0 Å². The van der Waals surface area contributed by atoms with Crippen molar-refractivity contribution in [3.05, 3.63) is 0 Å². The van der Waals surface area contributed by atoms with Crippen LogP contribution in [0.3, 0.4) is 0 Å². The molecule has 2 N–H and O–H groups in total. The van der Waals surface area contributed by atoms with E-state index in [-0.39, 0.29) is 0 Å². The average Bonchev–Trinajstić information content (AvgIpc) is 2.19. The fraction of sp³-hybridized carbons (Fsp3) is 1.00. The average molecular weight is 198 g/mol. The summed E-state index contributed by atoms with van der Waals surface area (Å²) in [5.74, 6) is 0. The van der Waals surface area contributed by atoms with E-state index in [1.165, 1.54) is 45.1 Å². The fourth-order valence-electron chi connectivity index (χ4n) is 2.46. The lowest BCUT2D eigenvalue weighted by molar-refractivity contribution is 0.136. The standard InChI is InChI=1S/C12H26N2/c1-3-5-8-12(4-2)14-9-6-7-11(13)10-14/h11-12H,3-10,13H2,1-2H3. The Balaban J connectivity index is 2.34. The van der Waals surface area contributed by atoms with Gasteiger partial charge in [-0.3, -0.25) is 4.90 Å². The molecule has 1 heterocycles. The van der Waals surface area contributed by atoms with Crippen LogP contribution in [0.2, 0.25) is 0 Å². The molecule has 2 atom stereocenters. The van der Waals surface area contributed by atoms with E-state index in [9.17, 15) is 0 Å². The SMILES string of the molecule is CCCCC(CC)N1CCCC(N)C1. The second kappa shape index (κ2) is 6.41. The van der Waals surface area contributed by atoms with Crippen LogP contribution < -0.4 is 5.73 Å². The predicted molar refractivity (Wildman–Crippen MR) is 62.4 cm³/mol. The van der Waals surface area contributed by atoms with Crippen LogP contribution in [-0.4, -0.2) is 30.1 Å². The predicted octanol–water partition coefficient (Wildman–Crippen LogP) is 2.38. The van der Waals surface area contributed by atoms with Gasteiger partial charge < -0.3 is 5.73 Å². The van der Waals surface area contributed by atoms with Crippen molar-refractivity contribution in [1.29, 1.82) is 0 Å². The highest BCUT2D eigenvalue weighted by Gasteiger charge is 2.22. The molecule has 2 unspecified atom stereocenters. The van der Waals surface area contributed by atoms with Gasteiger partial charge in [0.2, 0.25) is 0 Å². The van der Waals surface area contributed by atoms with E-state index in [1.54, 1.807) is 0 Å². The summed E-state index contributed by atoms with van der Waals surface area (Å²) < 4.78 is 0. The van der Waals surface area contributed by atoms with E-state index in [4.69, 9.17) is 5.73 Å². The summed E-state index contributed by atoms with van der Waals surface area (Å²) in [6.07, 6.45) is 7.84. The molecule has 0 saturated carbocycles. The molecule has 0 aromatic carbocycles. The Kier molecular flexibility index (Phi) is 5.49. The normalized spacial score (nSPS) is 26.4. The maximum Gasteiger partial charge on any atom is 0.0168 e. The molecule has 0 amide bonds. The van der Waals surface area contributed by atoms with Crippen molar-refractivity contribution in [2.45, 2.75) is 64.5 Å². The van der Waals surface area contributed by atoms with Gasteiger partial charge in [-0.1, -0.05) is 26.7 Å². The second-order valence-corrected chi connectivity index (χ2v) is 4.60. The summed E-state index contributed by atoms with van der Waals surface area (Å²) in [7, 11) is 0. The van der Waals surface area contributed by atoms with Gasteiger partial charge in [0, 0.05) is 18.6 Å². The van der Waals surface area contributed by atoms with Gasteiger partial charge in [0.05, 0.1) is 0 Å². The van der Waals surface area contributed by atoms with E-state index in [0.29, 0.717) is 6.04 Å². The van der Waals surface area contributed by atoms with Gasteiger partial charge in [-0.25, -0.2) is 0 Å². The molecule has 1 rings (SSSR count). The molecular weight excluding hydrogens is 172 g/mol. The Morgan fingerprint density at radius 1 is 1.43 bits per heavy atom. The van der Waals surface area contributed by atoms with Crippen molar-refractivity contribution in [2.24, 2.45) is 5.73 Å². The number of hydrogen-bond donors (Lipinski definition) is 1. The maximum atomic E-state index is 6.00. The first-order valence-electron chi connectivity index (χ1n) is 6.27. The minimum absolute atomic E-state index is 0.430. The molecule has 1 fully saturated rings. The van der Waals surface area contributed by atoms with E-state index >= 15 is 0 Å². The largest absolute Gasteiger partial charge is 0.327 e. The maximum absolute atomic E-state index is 6.00. The van der Waals surface area contributed by atoms with Crippen molar-refractivity contribution in [2.75, 3.05) is 13.1 Å². The first-order chi connectivity index (χ1) is 6.77. The van der Waals surface area contributed by atoms with Crippen LogP contribution in [-0.2, 0) is 0 Å². The lowest BCUT2D eigenvalue weighted by Gasteiger charge is -2.36. The quantitative estimate of drug-likeness (QED) is 0.735. The minimum Gasteiger partial charge on any atom is -0.327 e. The molecule has 1 aliphatic rings. The third-order valence-corrected chi connectivity index (χ3v) is 3.37. The Hall–Kier alpha value is -0.0800. The van der Waals surface area contributed by atoms with E-state index in [2.05, 4.69) is 18.7 Å². The molecule has 1 saturated heterocycles. The van der Waals surface area contributed by atoms with Crippen LogP contribution in [0.15, 0.2) is 0 Å². The number of nitrogens with two attached hydrogens (primary N) is 1. The lowest BCUT2D eigenvalue weighted by Crippen LogP contribution is -2.47. The molecule has 1 aliphatic heterocycles. The molecule has 0 aliphatic carbocycles. The highest BCUT2D eigenvalue weighted by molar-refractivity contribution is 4.80. The Morgan fingerprint density at radius 2 is 2.21 bits per heavy atom. The third-order valence-electron chi connectivity index (χ3n) is 3.37. The zero-order chi connectivity index (χ0) is 10.4. The van der Waals surface area contributed by atoms with E-state index in [1.807, 2.05) is 0 Å². The molecule has 0 aromatic heterocycles. The zero-order valence-electron chi connectivity index (χ0n) is 9.84. The van der Waals surface area contributed by atoms with Gasteiger partial charge in [0.1, 0.15) is 0 Å². The lowest BCUT2D eigenvalue weighted by atomic mass is 10.00. The fourth-order valence-corrected chi connectivity index (χ4v) is 2.46. The molecule has 2 nitrogen and oxygen atoms in total. The highest BCUT2D eigenvalue weighted by Crippen LogP contribution is 2.17. The number of rotatable bonds is 5. The van der Waals surface area contributed by atoms with E-state index in [0.717, 1.165) is 12.6 Å². The summed E-state index contributed by atoms with van der Waals surface area (Å²) >= 11 is 0. The number of nitrogens with zero attached hydrogens (tertiary/aromatic N) is 1. The summed E-state index contributed by atoms with van der Waals surface area (Å²) in [4.78, 5) is 2.61. The van der Waals surface area contributed by atoms with Crippen molar-refractivity contribution in [3.8, 4) is 0 Å². The first-order valence-corrected chi connectivity index (χ1v) is 6.27. The van der Waals surface area contributed by atoms with Crippen LogP contribution in [0.5, 0.6) is 0 Å². The third kappa shape index (κ3) is 3.58. The topological polar surface area (TPSA) is 29.3 Å². The number of likely N-dealkylation sites (tertiary alicyclic amines) is 1. The van der Waals surface area contributed by atoms with Crippen molar-refractivity contribution >= 4 is 0 Å². The van der Waals surface area contributed by atoms with Gasteiger partial charge >= 0.3 is 0 Å². The molecule has 0 spiro atoms. The molecular formula is C12H26N2. The highest BCUT2D eigenvalue weighted by atomic mass is 15.2. The van der Waals surface area contributed by atoms with Crippen molar-refractivity contribution in [3.63, 3.8) is 0 Å². The Bertz CT molecular complexity index is 147. The minimum atomic E-state index is 0.430. The summed E-state index contributed by atoms with van der Waals surface area (Å²) in [6, 6.07) is 1.22. The van der Waals surface area contributed by atoms with Crippen LogP contribution in [0.25, 0.3) is 0 Å². The monoisotopic (exact) mass is 198 g/mol. The molecule has 2 heteroatoms. The van der Waals surface area contributed by atoms with Gasteiger partial charge in [0.15, 0.2) is 0 Å². The van der Waals surface area contributed by atoms with E-state index < -0.39 is 0 Å². The Morgan fingerprint density at radius 3 is 2.79 bits per heavy atom. The van der Waals surface area contributed by atoms with Crippen molar-refractivity contribution in [1.82, 2.24) is 4.90 Å². The van der Waals surface area contributed by atoms with Gasteiger partial charge in [-0.05, 0) is 32.2 Å². The summed E-state index contributed by atoms with van der Waals surface area (Å²) in [6.45, 7) is 6.98. The molecule has 0 radical (unpaired) electrons. The molecule has 84 valence electrons. The van der Waals surface area contributed by atoms with Crippen LogP contribution in [0.4, 0.5) is 0 Å². The smallest absolute Gasteiger partial charge is 0.0168 e. The van der Waals surface area contributed by atoms with Crippen LogP contribution in [0.1, 0.15) is 52.4 Å². The number of piperidine rings is 1. The number of hydrogen-bond acceptors (Lipinski definition) is 2. The molecule has 0 bridgehead atoms. The van der Waals surface area contributed by atoms with Gasteiger partial charge in [-0.2, -0.15) is 0 Å². The van der Waals surface area contributed by atoms with Crippen LogP contribution in [0, 0.1) is 0 Å². The molecule has 14 heavy (non-hydrogen) atoms. The zero-order valence-corrected chi connectivity index (χ0v) is 9.84. The van der Waals surface area contributed by atoms with Crippen LogP contribution >= 0.6 is 0 Å². The van der Waals surface area contributed by atoms with Gasteiger partial charge in [0.25, 0.3) is 0 Å².